The third-order valence-corrected chi connectivity index (χ3v) is 4.57. The van der Waals surface area contributed by atoms with Crippen LogP contribution in [0, 0.1) is 0 Å². The number of anilines is 1. The highest BCUT2D eigenvalue weighted by atomic mass is 16.2. The lowest BCUT2D eigenvalue weighted by Crippen LogP contribution is -2.48. The molecule has 0 saturated carbocycles. The van der Waals surface area contributed by atoms with Gasteiger partial charge in [-0.3, -0.25) is 18.9 Å². The summed E-state index contributed by atoms with van der Waals surface area (Å²) in [6.07, 6.45) is 2.05. The maximum absolute atomic E-state index is 13.0. The molecule has 2 amide bonds. The van der Waals surface area contributed by atoms with E-state index < -0.39 is 11.7 Å². The van der Waals surface area contributed by atoms with Crippen LogP contribution in [0.2, 0.25) is 0 Å². The first-order valence-corrected chi connectivity index (χ1v) is 8.26. The van der Waals surface area contributed by atoms with E-state index in [4.69, 9.17) is 0 Å². The normalized spacial score (nSPS) is 15.9. The number of para-hydroxylation sites is 1. The lowest BCUT2D eigenvalue weighted by Gasteiger charge is -2.24. The topological polar surface area (TPSA) is 88.7 Å². The molecule has 8 nitrogen and oxygen atoms in total. The van der Waals surface area contributed by atoms with Crippen molar-refractivity contribution < 1.29 is 9.59 Å². The van der Waals surface area contributed by atoms with Crippen LogP contribution in [0.5, 0.6) is 0 Å². The number of fused-ring (bicyclic) bond motifs is 2. The summed E-state index contributed by atoms with van der Waals surface area (Å²) in [5.74, 6) is -0.592. The number of nitrogens with zero attached hydrogens (tertiary/aromatic N) is 4. The maximum atomic E-state index is 13.0. The molecule has 0 fully saturated rings. The van der Waals surface area contributed by atoms with Gasteiger partial charge in [0.1, 0.15) is 12.6 Å². The summed E-state index contributed by atoms with van der Waals surface area (Å²) in [5, 5.41) is 6.79. The van der Waals surface area contributed by atoms with Crippen molar-refractivity contribution >= 4 is 23.1 Å². The predicted octanol–water partition coefficient (Wildman–Crippen LogP) is 0.200. The van der Waals surface area contributed by atoms with Gasteiger partial charge in [0.15, 0.2) is 5.65 Å². The smallest absolute Gasteiger partial charge is 0.350 e. The molecule has 1 unspecified atom stereocenters. The molecule has 26 heavy (non-hydrogen) atoms. The Morgan fingerprint density at radius 3 is 2.73 bits per heavy atom. The second-order valence-electron chi connectivity index (χ2n) is 6.10. The number of hydrogen-bond acceptors (Lipinski definition) is 4. The molecule has 0 aliphatic carbocycles. The van der Waals surface area contributed by atoms with Crippen molar-refractivity contribution in [3.05, 3.63) is 64.7 Å². The molecule has 1 aliphatic rings. The molecular formula is C18H17N5O3. The summed E-state index contributed by atoms with van der Waals surface area (Å²) >= 11 is 0. The number of likely N-dealkylation sites (N-methyl/N-ethyl adjacent to an activating group) is 1. The van der Waals surface area contributed by atoms with Crippen LogP contribution in [0.25, 0.3) is 5.65 Å². The number of nitrogens with one attached hydrogen (secondary N) is 1. The van der Waals surface area contributed by atoms with E-state index in [9.17, 15) is 14.4 Å². The quantitative estimate of drug-likeness (QED) is 0.730. The third-order valence-electron chi connectivity index (χ3n) is 4.57. The summed E-state index contributed by atoms with van der Waals surface area (Å²) in [7, 11) is 1.54. The molecule has 1 N–H and O–H groups in total. The van der Waals surface area contributed by atoms with Crippen molar-refractivity contribution in [2.24, 2.45) is 0 Å². The van der Waals surface area contributed by atoms with Crippen molar-refractivity contribution in [2.75, 3.05) is 11.9 Å². The zero-order valence-electron chi connectivity index (χ0n) is 14.1. The van der Waals surface area contributed by atoms with Crippen LogP contribution in [0.3, 0.4) is 0 Å². The Bertz CT molecular complexity index is 1070. The maximum Gasteiger partial charge on any atom is 0.350 e. The van der Waals surface area contributed by atoms with Crippen LogP contribution in [0.1, 0.15) is 5.56 Å². The first-order chi connectivity index (χ1) is 12.6. The number of hydrogen-bond donors (Lipinski definition) is 1. The van der Waals surface area contributed by atoms with Gasteiger partial charge in [0.05, 0.1) is 0 Å². The SMILES string of the molecule is CNC(=O)C1Cc2ccccc2N1C(=O)Cn1nc2ccccn2c1=O. The zero-order chi connectivity index (χ0) is 18.3. The Kier molecular flexibility index (Phi) is 3.80. The minimum absolute atomic E-state index is 0.234. The molecule has 1 aromatic carbocycles. The summed E-state index contributed by atoms with van der Waals surface area (Å²) in [4.78, 5) is 39.1. The van der Waals surface area contributed by atoms with Gasteiger partial charge in [-0.05, 0) is 23.8 Å². The Balaban J connectivity index is 1.70. The van der Waals surface area contributed by atoms with Crippen LogP contribution in [-0.4, -0.2) is 39.1 Å². The lowest BCUT2D eigenvalue weighted by atomic mass is 10.1. The largest absolute Gasteiger partial charge is 0.357 e. The third kappa shape index (κ3) is 2.46. The van der Waals surface area contributed by atoms with Gasteiger partial charge in [-0.25, -0.2) is 9.48 Å². The fraction of sp³-hybridized carbons (Fsp3) is 0.222. The summed E-state index contributed by atoms with van der Waals surface area (Å²) in [6.45, 7) is -0.234. The van der Waals surface area contributed by atoms with E-state index in [2.05, 4.69) is 10.4 Å². The number of carbonyl (C=O) groups excluding carboxylic acids is 2. The van der Waals surface area contributed by atoms with Crippen LogP contribution < -0.4 is 15.9 Å². The zero-order valence-corrected chi connectivity index (χ0v) is 14.1. The molecular weight excluding hydrogens is 334 g/mol. The fourth-order valence-electron chi connectivity index (χ4n) is 3.35. The molecule has 1 atom stereocenters. The molecule has 3 heterocycles. The van der Waals surface area contributed by atoms with E-state index in [1.54, 1.807) is 31.4 Å². The number of carbonyl (C=O) groups is 2. The van der Waals surface area contributed by atoms with Crippen molar-refractivity contribution in [3.63, 3.8) is 0 Å². The highest BCUT2D eigenvalue weighted by molar-refractivity contribution is 6.03. The standard InChI is InChI=1S/C18H17N5O3/c1-19-17(25)14-10-12-6-2-3-7-13(12)23(14)16(24)11-22-18(26)21-9-5-4-8-15(21)20-22/h2-9,14H,10-11H2,1H3,(H,19,25). The van der Waals surface area contributed by atoms with E-state index in [0.29, 0.717) is 17.8 Å². The lowest BCUT2D eigenvalue weighted by molar-refractivity contribution is -0.126. The van der Waals surface area contributed by atoms with E-state index in [-0.39, 0.29) is 18.4 Å². The van der Waals surface area contributed by atoms with Gasteiger partial charge in [-0.2, -0.15) is 0 Å². The average molecular weight is 351 g/mol. The van der Waals surface area contributed by atoms with Gasteiger partial charge in [-0.15, -0.1) is 5.10 Å². The summed E-state index contributed by atoms with van der Waals surface area (Å²) < 4.78 is 2.50. The first kappa shape index (κ1) is 16.1. The minimum atomic E-state index is -0.627. The van der Waals surface area contributed by atoms with E-state index in [1.165, 1.54) is 9.30 Å². The fourth-order valence-corrected chi connectivity index (χ4v) is 3.35. The minimum Gasteiger partial charge on any atom is -0.357 e. The molecule has 8 heteroatoms. The monoisotopic (exact) mass is 351 g/mol. The Hall–Kier alpha value is -3.42. The Labute approximate surface area is 148 Å². The molecule has 1 aliphatic heterocycles. The summed E-state index contributed by atoms with van der Waals surface area (Å²) in [6, 6.07) is 12.0. The van der Waals surface area contributed by atoms with Crippen LogP contribution in [0.4, 0.5) is 5.69 Å². The van der Waals surface area contributed by atoms with Gasteiger partial charge in [0, 0.05) is 25.4 Å². The number of benzene rings is 1. The molecule has 132 valence electrons. The van der Waals surface area contributed by atoms with Gasteiger partial charge in [0.2, 0.25) is 11.8 Å². The van der Waals surface area contributed by atoms with E-state index in [0.717, 1.165) is 10.2 Å². The second kappa shape index (κ2) is 6.14. The molecule has 3 aromatic rings. The summed E-state index contributed by atoms with van der Waals surface area (Å²) in [5.41, 5.74) is 1.70. The highest BCUT2D eigenvalue weighted by Gasteiger charge is 2.38. The van der Waals surface area contributed by atoms with Gasteiger partial charge in [-0.1, -0.05) is 24.3 Å². The van der Waals surface area contributed by atoms with E-state index in [1.807, 2.05) is 24.3 Å². The number of rotatable bonds is 3. The molecule has 0 bridgehead atoms. The number of amides is 2. The van der Waals surface area contributed by atoms with Crippen molar-refractivity contribution in [1.29, 1.82) is 0 Å². The average Bonchev–Trinajstić information content (AvgIpc) is 3.20. The second-order valence-corrected chi connectivity index (χ2v) is 6.10. The van der Waals surface area contributed by atoms with Gasteiger partial charge < -0.3 is 5.32 Å². The highest BCUT2D eigenvalue weighted by Crippen LogP contribution is 2.32. The van der Waals surface area contributed by atoms with Crippen LogP contribution in [-0.2, 0) is 22.6 Å². The number of aromatic nitrogens is 3. The van der Waals surface area contributed by atoms with Gasteiger partial charge in [0.25, 0.3) is 0 Å². The van der Waals surface area contributed by atoms with Crippen molar-refractivity contribution in [1.82, 2.24) is 19.5 Å². The van der Waals surface area contributed by atoms with Crippen molar-refractivity contribution in [3.8, 4) is 0 Å². The van der Waals surface area contributed by atoms with Crippen LogP contribution in [0.15, 0.2) is 53.5 Å². The molecule has 0 saturated heterocycles. The Morgan fingerprint density at radius 2 is 1.96 bits per heavy atom. The Morgan fingerprint density at radius 1 is 1.19 bits per heavy atom. The van der Waals surface area contributed by atoms with Gasteiger partial charge >= 0.3 is 5.69 Å². The molecule has 0 radical (unpaired) electrons. The predicted molar refractivity (Wildman–Crippen MR) is 94.9 cm³/mol. The number of pyridine rings is 1. The van der Waals surface area contributed by atoms with Crippen molar-refractivity contribution in [2.45, 2.75) is 19.0 Å². The first-order valence-electron chi connectivity index (χ1n) is 8.26. The molecule has 0 spiro atoms. The van der Waals surface area contributed by atoms with Crippen LogP contribution >= 0.6 is 0 Å². The van der Waals surface area contributed by atoms with E-state index >= 15 is 0 Å². The molecule has 4 rings (SSSR count). The molecule has 2 aromatic heterocycles.